The van der Waals surface area contributed by atoms with Crippen LogP contribution in [-0.4, -0.2) is 20.4 Å². The van der Waals surface area contributed by atoms with Gasteiger partial charge >= 0.3 is 0 Å². The Labute approximate surface area is 163 Å². The van der Waals surface area contributed by atoms with Crippen molar-refractivity contribution in [3.8, 4) is 0 Å². The number of hydrogen-bond acceptors (Lipinski definition) is 3. The maximum Gasteiger partial charge on any atom is 0.262 e. The monoisotopic (exact) mass is 373 g/mol. The van der Waals surface area contributed by atoms with Crippen molar-refractivity contribution in [1.82, 2.24) is 14.5 Å². The predicted octanol–water partition coefficient (Wildman–Crippen LogP) is 4.18. The number of carbonyl (C=O) groups excluding carboxylic acids is 1. The number of rotatable bonds is 4. The quantitative estimate of drug-likeness (QED) is 0.645. The van der Waals surface area contributed by atoms with Gasteiger partial charge in [-0.3, -0.25) is 14.2 Å². The second kappa shape index (κ2) is 7.08. The van der Waals surface area contributed by atoms with Crippen LogP contribution >= 0.6 is 0 Å². The molecular weight excluding hydrogens is 350 g/mol. The highest BCUT2D eigenvalue weighted by atomic mass is 16.2. The van der Waals surface area contributed by atoms with Crippen molar-refractivity contribution >= 4 is 16.8 Å². The molecule has 0 unspecified atom stereocenters. The van der Waals surface area contributed by atoms with Gasteiger partial charge in [0.1, 0.15) is 11.9 Å². The van der Waals surface area contributed by atoms with Crippen LogP contribution in [0.15, 0.2) is 72.0 Å². The average Bonchev–Trinajstić information content (AvgIpc) is 2.72. The molecule has 2 aromatic carbocycles. The lowest BCUT2D eigenvalue weighted by Crippen LogP contribution is -2.50. The van der Waals surface area contributed by atoms with Crippen LogP contribution < -0.4 is 5.56 Å². The summed E-state index contributed by atoms with van der Waals surface area (Å²) in [6, 6.07) is 16.1. The van der Waals surface area contributed by atoms with Crippen molar-refractivity contribution < 1.29 is 4.79 Å². The highest BCUT2D eigenvalue weighted by Crippen LogP contribution is 2.38. The zero-order valence-electron chi connectivity index (χ0n) is 16.1. The molecule has 0 spiro atoms. The molecule has 4 rings (SSSR count). The zero-order valence-corrected chi connectivity index (χ0v) is 16.1. The molecule has 1 aliphatic rings. The van der Waals surface area contributed by atoms with Gasteiger partial charge < -0.3 is 4.90 Å². The van der Waals surface area contributed by atoms with E-state index >= 15 is 0 Å². The Morgan fingerprint density at radius 1 is 1.11 bits per heavy atom. The lowest BCUT2D eigenvalue weighted by atomic mass is 9.98. The number of benzene rings is 2. The molecule has 28 heavy (non-hydrogen) atoms. The molecule has 1 amide bonds. The summed E-state index contributed by atoms with van der Waals surface area (Å²) in [6.07, 6.45) is 2.31. The summed E-state index contributed by atoms with van der Waals surface area (Å²) >= 11 is 0. The third-order valence-corrected chi connectivity index (χ3v) is 5.56. The van der Waals surface area contributed by atoms with E-state index in [4.69, 9.17) is 4.98 Å². The van der Waals surface area contributed by atoms with E-state index in [-0.39, 0.29) is 23.6 Å². The lowest BCUT2D eigenvalue weighted by molar-refractivity contribution is -0.142. The highest BCUT2D eigenvalue weighted by Gasteiger charge is 2.41. The Hall–Kier alpha value is -3.21. The normalized spacial score (nSPS) is 20.1. The van der Waals surface area contributed by atoms with Crippen molar-refractivity contribution in [2.45, 2.75) is 38.4 Å². The summed E-state index contributed by atoms with van der Waals surface area (Å²) in [5, 5.41) is 0.535. The van der Waals surface area contributed by atoms with E-state index in [2.05, 4.69) is 6.58 Å². The molecule has 0 saturated carbocycles. The van der Waals surface area contributed by atoms with Crippen LogP contribution in [0.25, 0.3) is 10.9 Å². The van der Waals surface area contributed by atoms with Gasteiger partial charge in [-0.25, -0.2) is 4.98 Å². The Kier molecular flexibility index (Phi) is 4.59. The largest absolute Gasteiger partial charge is 0.324 e. The molecule has 3 aromatic rings. The van der Waals surface area contributed by atoms with Gasteiger partial charge in [0.2, 0.25) is 5.91 Å². The molecular formula is C23H23N3O2. The minimum absolute atomic E-state index is 0.0742. The van der Waals surface area contributed by atoms with Gasteiger partial charge in [0, 0.05) is 0 Å². The maximum atomic E-state index is 13.4. The van der Waals surface area contributed by atoms with Crippen molar-refractivity contribution in [2.75, 3.05) is 0 Å². The van der Waals surface area contributed by atoms with Crippen LogP contribution in [-0.2, 0) is 4.79 Å². The second-order valence-electron chi connectivity index (χ2n) is 7.21. The van der Waals surface area contributed by atoms with Crippen molar-refractivity contribution in [3.63, 3.8) is 0 Å². The Morgan fingerprint density at radius 2 is 1.79 bits per heavy atom. The van der Waals surface area contributed by atoms with E-state index in [1.54, 1.807) is 23.6 Å². The number of nitrogens with zero attached hydrogens (tertiary/aromatic N) is 3. The van der Waals surface area contributed by atoms with E-state index < -0.39 is 6.04 Å². The maximum absolute atomic E-state index is 13.4. The third kappa shape index (κ3) is 2.74. The number of fused-ring (bicyclic) bond motifs is 2. The van der Waals surface area contributed by atoms with Gasteiger partial charge in [0.05, 0.1) is 23.0 Å². The molecule has 5 nitrogen and oxygen atoms in total. The van der Waals surface area contributed by atoms with Crippen LogP contribution in [0.5, 0.6) is 0 Å². The fraction of sp³-hybridized carbons (Fsp3) is 0.261. The van der Waals surface area contributed by atoms with Gasteiger partial charge in [0.25, 0.3) is 5.56 Å². The van der Waals surface area contributed by atoms with Crippen LogP contribution in [0.1, 0.15) is 49.8 Å². The van der Waals surface area contributed by atoms with Crippen LogP contribution in [0.3, 0.4) is 0 Å². The first kappa shape index (κ1) is 18.2. The molecule has 1 aromatic heterocycles. The first-order valence-electron chi connectivity index (χ1n) is 9.53. The smallest absolute Gasteiger partial charge is 0.262 e. The molecule has 0 N–H and O–H groups in total. The molecule has 2 heterocycles. The number of para-hydroxylation sites is 1. The summed E-state index contributed by atoms with van der Waals surface area (Å²) < 4.78 is 1.56. The molecule has 0 bridgehead atoms. The van der Waals surface area contributed by atoms with Gasteiger partial charge in [-0.2, -0.15) is 0 Å². The highest BCUT2D eigenvalue weighted by molar-refractivity contribution is 5.84. The average molecular weight is 373 g/mol. The third-order valence-electron chi connectivity index (χ3n) is 5.56. The Morgan fingerprint density at radius 3 is 2.50 bits per heavy atom. The van der Waals surface area contributed by atoms with Gasteiger partial charge in [-0.15, -0.1) is 6.58 Å². The standard InChI is InChI=1S/C23H23N3O2/c1-4-10-20-21-24-19-14-9-8-13-18(19)23(28)26(21)16(3)22(27)25(20)15(2)17-11-6-5-7-12-17/h4-9,11-16,20H,1,10H2,2-3H3/t15-,16+,20-/m1/s1. The minimum Gasteiger partial charge on any atom is -0.324 e. The summed E-state index contributed by atoms with van der Waals surface area (Å²) in [7, 11) is 0. The molecule has 0 saturated heterocycles. The molecule has 142 valence electrons. The fourth-order valence-corrected chi connectivity index (χ4v) is 4.11. The van der Waals surface area contributed by atoms with Gasteiger partial charge in [0.15, 0.2) is 0 Å². The first-order valence-corrected chi connectivity index (χ1v) is 9.53. The van der Waals surface area contributed by atoms with Gasteiger partial charge in [-0.05, 0) is 38.0 Å². The molecule has 0 radical (unpaired) electrons. The van der Waals surface area contributed by atoms with Gasteiger partial charge in [-0.1, -0.05) is 48.5 Å². The van der Waals surface area contributed by atoms with E-state index in [0.29, 0.717) is 23.1 Å². The van der Waals surface area contributed by atoms with E-state index in [1.807, 2.05) is 60.4 Å². The van der Waals surface area contributed by atoms with Crippen molar-refractivity contribution in [3.05, 3.63) is 89.0 Å². The molecule has 3 atom stereocenters. The molecule has 0 fully saturated rings. The minimum atomic E-state index is -0.605. The number of amides is 1. The summed E-state index contributed by atoms with van der Waals surface area (Å²) in [5.41, 5.74) is 1.54. The predicted molar refractivity (Wildman–Crippen MR) is 110 cm³/mol. The van der Waals surface area contributed by atoms with E-state index in [1.165, 1.54) is 0 Å². The summed E-state index contributed by atoms with van der Waals surface area (Å²) in [4.78, 5) is 33.2. The van der Waals surface area contributed by atoms with E-state index in [0.717, 1.165) is 5.56 Å². The van der Waals surface area contributed by atoms with Crippen LogP contribution in [0.4, 0.5) is 0 Å². The Bertz CT molecular complexity index is 1100. The Balaban J connectivity index is 1.94. The number of hydrogen-bond donors (Lipinski definition) is 0. The molecule has 0 aliphatic carbocycles. The van der Waals surface area contributed by atoms with E-state index in [9.17, 15) is 9.59 Å². The summed E-state index contributed by atoms with van der Waals surface area (Å²) in [6.45, 7) is 7.66. The SMILES string of the molecule is C=CC[C@@H]1c2nc3ccccc3c(=O)n2[C@@H](C)C(=O)N1[C@H](C)c1ccccc1. The van der Waals surface area contributed by atoms with Crippen molar-refractivity contribution in [1.29, 1.82) is 0 Å². The van der Waals surface area contributed by atoms with Crippen LogP contribution in [0, 0.1) is 0 Å². The fourth-order valence-electron chi connectivity index (χ4n) is 4.11. The molecule has 5 heteroatoms. The first-order chi connectivity index (χ1) is 13.5. The summed E-state index contributed by atoms with van der Waals surface area (Å²) in [5.74, 6) is 0.549. The zero-order chi connectivity index (χ0) is 19.8. The topological polar surface area (TPSA) is 55.2 Å². The van der Waals surface area contributed by atoms with Crippen molar-refractivity contribution in [2.24, 2.45) is 0 Å². The number of carbonyl (C=O) groups is 1. The van der Waals surface area contributed by atoms with Crippen LogP contribution in [0.2, 0.25) is 0 Å². The lowest BCUT2D eigenvalue weighted by Gasteiger charge is -2.43. The molecule has 1 aliphatic heterocycles. The number of aromatic nitrogens is 2. The second-order valence-corrected chi connectivity index (χ2v) is 7.21.